The van der Waals surface area contributed by atoms with Gasteiger partial charge in [0.1, 0.15) is 11.6 Å². The third-order valence-electron chi connectivity index (χ3n) is 4.56. The Labute approximate surface area is 146 Å². The third kappa shape index (κ3) is 3.45. The number of nitrogen functional groups attached to an aromatic ring is 1. The molecule has 25 heavy (non-hydrogen) atoms. The molecule has 3 aromatic rings. The Morgan fingerprint density at radius 1 is 1.16 bits per heavy atom. The molecule has 3 aromatic heterocycles. The average molecular weight is 335 g/mol. The molecule has 0 aliphatic carbocycles. The van der Waals surface area contributed by atoms with Gasteiger partial charge in [-0.1, -0.05) is 6.07 Å². The van der Waals surface area contributed by atoms with E-state index in [4.69, 9.17) is 5.73 Å². The summed E-state index contributed by atoms with van der Waals surface area (Å²) in [6.07, 6.45) is 11.5. The highest BCUT2D eigenvalue weighted by atomic mass is 15.3. The van der Waals surface area contributed by atoms with Gasteiger partial charge in [0.15, 0.2) is 0 Å². The summed E-state index contributed by atoms with van der Waals surface area (Å²) in [7, 11) is 0. The Hall–Kier alpha value is -2.96. The lowest BCUT2D eigenvalue weighted by Crippen LogP contribution is -2.36. The van der Waals surface area contributed by atoms with Gasteiger partial charge in [-0.15, -0.1) is 0 Å². The minimum Gasteiger partial charge on any atom is -0.384 e. The Bertz CT molecular complexity index is 830. The molecule has 0 bridgehead atoms. The van der Waals surface area contributed by atoms with Gasteiger partial charge in [0, 0.05) is 50.0 Å². The molecule has 0 spiro atoms. The van der Waals surface area contributed by atoms with E-state index in [-0.39, 0.29) is 0 Å². The van der Waals surface area contributed by atoms with Crippen LogP contribution in [0.4, 0.5) is 11.8 Å². The molecule has 0 radical (unpaired) electrons. The lowest BCUT2D eigenvalue weighted by atomic mass is 9.97. The standard InChI is InChI=1S/C18H21N7/c19-16-5-7-22-18(23-16)25-9-2-4-15(13-25)17-21-8-10-24(17)12-14-3-1-6-20-11-14/h1,3,5-8,10-11,15H,2,4,9,12-13H2,(H2,19,22,23)/t15-/m1/s1. The van der Waals surface area contributed by atoms with Gasteiger partial charge in [-0.3, -0.25) is 4.98 Å². The zero-order valence-corrected chi connectivity index (χ0v) is 14.0. The van der Waals surface area contributed by atoms with Gasteiger partial charge < -0.3 is 15.2 Å². The molecule has 4 rings (SSSR count). The van der Waals surface area contributed by atoms with Crippen LogP contribution in [0.15, 0.2) is 49.2 Å². The van der Waals surface area contributed by atoms with E-state index in [1.165, 1.54) is 5.56 Å². The number of imidazole rings is 1. The van der Waals surface area contributed by atoms with Crippen LogP contribution >= 0.6 is 0 Å². The molecule has 0 aromatic carbocycles. The van der Waals surface area contributed by atoms with Crippen LogP contribution in [0.25, 0.3) is 0 Å². The molecule has 1 aliphatic rings. The predicted octanol–water partition coefficient (Wildman–Crippen LogP) is 2.08. The molecule has 0 amide bonds. The molecule has 0 saturated carbocycles. The van der Waals surface area contributed by atoms with Gasteiger partial charge in [-0.2, -0.15) is 4.98 Å². The van der Waals surface area contributed by atoms with Gasteiger partial charge in [-0.25, -0.2) is 9.97 Å². The molecule has 1 atom stereocenters. The number of nitrogens with two attached hydrogens (primary N) is 1. The monoisotopic (exact) mass is 335 g/mol. The Morgan fingerprint density at radius 2 is 2.12 bits per heavy atom. The van der Waals surface area contributed by atoms with Gasteiger partial charge >= 0.3 is 0 Å². The van der Waals surface area contributed by atoms with Gasteiger partial charge in [0.2, 0.25) is 5.95 Å². The highest BCUT2D eigenvalue weighted by Gasteiger charge is 2.26. The second-order valence-corrected chi connectivity index (χ2v) is 6.34. The first-order valence-electron chi connectivity index (χ1n) is 8.53. The molecule has 1 saturated heterocycles. The summed E-state index contributed by atoms with van der Waals surface area (Å²) < 4.78 is 2.21. The zero-order chi connectivity index (χ0) is 17.1. The van der Waals surface area contributed by atoms with E-state index in [1.54, 1.807) is 18.5 Å². The van der Waals surface area contributed by atoms with Gasteiger partial charge in [0.25, 0.3) is 0 Å². The maximum absolute atomic E-state index is 5.80. The molecule has 1 fully saturated rings. The number of aromatic nitrogens is 5. The van der Waals surface area contributed by atoms with Crippen LogP contribution in [0.1, 0.15) is 30.1 Å². The van der Waals surface area contributed by atoms with Gasteiger partial charge in [0.05, 0.1) is 6.54 Å². The van der Waals surface area contributed by atoms with Crippen LogP contribution < -0.4 is 10.6 Å². The van der Waals surface area contributed by atoms with Crippen molar-refractivity contribution in [2.45, 2.75) is 25.3 Å². The van der Waals surface area contributed by atoms with E-state index in [0.29, 0.717) is 17.7 Å². The minimum absolute atomic E-state index is 0.352. The zero-order valence-electron chi connectivity index (χ0n) is 14.0. The van der Waals surface area contributed by atoms with Crippen molar-refractivity contribution in [2.24, 2.45) is 0 Å². The Morgan fingerprint density at radius 3 is 2.96 bits per heavy atom. The molecular weight excluding hydrogens is 314 g/mol. The van der Waals surface area contributed by atoms with Crippen LogP contribution in [0.5, 0.6) is 0 Å². The van der Waals surface area contributed by atoms with E-state index < -0.39 is 0 Å². The summed E-state index contributed by atoms with van der Waals surface area (Å²) >= 11 is 0. The second-order valence-electron chi connectivity index (χ2n) is 6.34. The number of hydrogen-bond acceptors (Lipinski definition) is 6. The van der Waals surface area contributed by atoms with Crippen LogP contribution in [0.2, 0.25) is 0 Å². The lowest BCUT2D eigenvalue weighted by molar-refractivity contribution is 0.471. The summed E-state index contributed by atoms with van der Waals surface area (Å²) in [5, 5.41) is 0. The summed E-state index contributed by atoms with van der Waals surface area (Å²) in [4.78, 5) is 19.8. The fourth-order valence-corrected chi connectivity index (χ4v) is 3.39. The van der Waals surface area contributed by atoms with Crippen LogP contribution in [0, 0.1) is 0 Å². The highest BCUT2D eigenvalue weighted by molar-refractivity contribution is 5.38. The molecule has 128 valence electrons. The van der Waals surface area contributed by atoms with E-state index in [9.17, 15) is 0 Å². The third-order valence-corrected chi connectivity index (χ3v) is 4.56. The van der Waals surface area contributed by atoms with Crippen molar-refractivity contribution < 1.29 is 0 Å². The van der Waals surface area contributed by atoms with E-state index in [0.717, 1.165) is 38.3 Å². The Balaban J connectivity index is 1.53. The number of piperidine rings is 1. The van der Waals surface area contributed by atoms with E-state index >= 15 is 0 Å². The van der Waals surface area contributed by atoms with Crippen molar-refractivity contribution in [3.8, 4) is 0 Å². The fraction of sp³-hybridized carbons (Fsp3) is 0.333. The molecule has 7 heteroatoms. The second kappa shape index (κ2) is 6.88. The van der Waals surface area contributed by atoms with Crippen LogP contribution in [0.3, 0.4) is 0 Å². The lowest BCUT2D eigenvalue weighted by Gasteiger charge is -2.32. The minimum atomic E-state index is 0.352. The summed E-state index contributed by atoms with van der Waals surface area (Å²) in [5.41, 5.74) is 6.98. The number of rotatable bonds is 4. The van der Waals surface area contributed by atoms with E-state index in [1.807, 2.05) is 24.7 Å². The van der Waals surface area contributed by atoms with Crippen LogP contribution in [-0.2, 0) is 6.54 Å². The number of anilines is 2. The molecule has 0 unspecified atom stereocenters. The van der Waals surface area contributed by atoms with E-state index in [2.05, 4.69) is 35.5 Å². The quantitative estimate of drug-likeness (QED) is 0.786. The number of hydrogen-bond donors (Lipinski definition) is 1. The summed E-state index contributed by atoms with van der Waals surface area (Å²) in [6, 6.07) is 5.77. The van der Waals surface area contributed by atoms with Crippen molar-refractivity contribution in [3.63, 3.8) is 0 Å². The Kier molecular flexibility index (Phi) is 4.28. The smallest absolute Gasteiger partial charge is 0.227 e. The first-order valence-corrected chi connectivity index (χ1v) is 8.53. The first kappa shape index (κ1) is 15.6. The maximum Gasteiger partial charge on any atom is 0.227 e. The number of nitrogens with zero attached hydrogens (tertiary/aromatic N) is 6. The van der Waals surface area contributed by atoms with Crippen molar-refractivity contribution in [3.05, 3.63) is 60.6 Å². The average Bonchev–Trinajstić information content (AvgIpc) is 3.11. The predicted molar refractivity (Wildman–Crippen MR) is 96.2 cm³/mol. The van der Waals surface area contributed by atoms with Crippen LogP contribution in [-0.4, -0.2) is 37.6 Å². The highest BCUT2D eigenvalue weighted by Crippen LogP contribution is 2.28. The largest absolute Gasteiger partial charge is 0.384 e. The normalized spacial score (nSPS) is 17.6. The van der Waals surface area contributed by atoms with Crippen molar-refractivity contribution in [1.29, 1.82) is 0 Å². The molecule has 7 nitrogen and oxygen atoms in total. The van der Waals surface area contributed by atoms with Gasteiger partial charge in [-0.05, 0) is 30.5 Å². The van der Waals surface area contributed by atoms with Crippen molar-refractivity contribution in [1.82, 2.24) is 24.5 Å². The number of pyridine rings is 1. The first-order chi connectivity index (χ1) is 12.3. The summed E-state index contributed by atoms with van der Waals surface area (Å²) in [6.45, 7) is 2.59. The maximum atomic E-state index is 5.80. The topological polar surface area (TPSA) is 85.8 Å². The molecule has 1 aliphatic heterocycles. The van der Waals surface area contributed by atoms with Crippen molar-refractivity contribution >= 4 is 11.8 Å². The summed E-state index contributed by atoms with van der Waals surface area (Å²) in [5.74, 6) is 2.67. The molecule has 2 N–H and O–H groups in total. The fourth-order valence-electron chi connectivity index (χ4n) is 3.39. The molecular formula is C18H21N7. The molecule has 4 heterocycles. The SMILES string of the molecule is Nc1ccnc(N2CCC[C@@H](c3nccn3Cc3cccnc3)C2)n1. The van der Waals surface area contributed by atoms with Crippen molar-refractivity contribution in [2.75, 3.05) is 23.7 Å².